The molecular weight excluding hydrogens is 302 g/mol. The van der Waals surface area contributed by atoms with Crippen molar-refractivity contribution >= 4 is 11.6 Å². The Kier molecular flexibility index (Phi) is 6.81. The van der Waals surface area contributed by atoms with Crippen LogP contribution in [0.2, 0.25) is 0 Å². The highest BCUT2D eigenvalue weighted by Crippen LogP contribution is 2.17. The molecule has 0 bridgehead atoms. The molecule has 0 aliphatic carbocycles. The van der Waals surface area contributed by atoms with Crippen LogP contribution in [0, 0.1) is 11.3 Å². The van der Waals surface area contributed by atoms with E-state index in [4.69, 9.17) is 10.00 Å². The maximum atomic E-state index is 11.9. The summed E-state index contributed by atoms with van der Waals surface area (Å²) in [5.74, 6) is 0.771. The topological polar surface area (TPSA) is 74.2 Å². The first-order valence-electron chi connectivity index (χ1n) is 7.86. The Balaban J connectivity index is 1.71. The highest BCUT2D eigenvalue weighted by Gasteiger charge is 2.06. The van der Waals surface area contributed by atoms with E-state index in [1.807, 2.05) is 24.3 Å². The number of anilines is 1. The molecule has 0 aliphatic heterocycles. The predicted molar refractivity (Wildman–Crippen MR) is 94.0 cm³/mol. The van der Waals surface area contributed by atoms with Gasteiger partial charge in [0.1, 0.15) is 11.8 Å². The number of hydrogen-bond acceptors (Lipinski definition) is 4. The van der Waals surface area contributed by atoms with Crippen molar-refractivity contribution in [1.82, 2.24) is 5.32 Å². The van der Waals surface area contributed by atoms with E-state index < -0.39 is 0 Å². The fourth-order valence-corrected chi connectivity index (χ4v) is 2.36. The van der Waals surface area contributed by atoms with E-state index in [0.29, 0.717) is 24.2 Å². The fraction of sp³-hybridized carbons (Fsp3) is 0.263. The van der Waals surface area contributed by atoms with E-state index >= 15 is 0 Å². The van der Waals surface area contributed by atoms with Crippen LogP contribution in [0.4, 0.5) is 5.69 Å². The minimum absolute atomic E-state index is 0.109. The monoisotopic (exact) mass is 323 g/mol. The van der Waals surface area contributed by atoms with Crippen LogP contribution in [0.25, 0.3) is 0 Å². The molecule has 5 nitrogen and oxygen atoms in total. The van der Waals surface area contributed by atoms with Gasteiger partial charge in [-0.2, -0.15) is 5.26 Å². The number of para-hydroxylation sites is 2. The summed E-state index contributed by atoms with van der Waals surface area (Å²) in [6.07, 6.45) is 1.19. The minimum atomic E-state index is -0.109. The number of ether oxygens (including phenoxy) is 1. The largest absolute Gasteiger partial charge is 0.496 e. The van der Waals surface area contributed by atoms with Gasteiger partial charge in [0.05, 0.1) is 18.4 Å². The van der Waals surface area contributed by atoms with E-state index in [9.17, 15) is 4.79 Å². The van der Waals surface area contributed by atoms with Gasteiger partial charge in [-0.1, -0.05) is 30.3 Å². The quantitative estimate of drug-likeness (QED) is 0.733. The van der Waals surface area contributed by atoms with Gasteiger partial charge < -0.3 is 15.4 Å². The van der Waals surface area contributed by atoms with Gasteiger partial charge in [-0.15, -0.1) is 0 Å². The molecular formula is C19H21N3O2. The Morgan fingerprint density at radius 3 is 2.67 bits per heavy atom. The fourth-order valence-electron chi connectivity index (χ4n) is 2.36. The Hall–Kier alpha value is -2.84. The van der Waals surface area contributed by atoms with Crippen LogP contribution in [0.5, 0.6) is 5.75 Å². The Labute approximate surface area is 142 Å². The molecule has 0 unspecified atom stereocenters. The number of nitrogens with one attached hydrogen (secondary N) is 2. The van der Waals surface area contributed by atoms with Gasteiger partial charge in [0.2, 0.25) is 5.91 Å². The SMILES string of the molecule is COc1ccccc1CCNCCC(=O)Nc1ccccc1C#N. The minimum Gasteiger partial charge on any atom is -0.496 e. The first-order chi connectivity index (χ1) is 11.7. The molecule has 24 heavy (non-hydrogen) atoms. The number of amides is 1. The molecule has 0 atom stereocenters. The number of carbonyl (C=O) groups is 1. The van der Waals surface area contributed by atoms with Crippen LogP contribution in [-0.4, -0.2) is 26.1 Å². The molecule has 0 radical (unpaired) electrons. The van der Waals surface area contributed by atoms with Gasteiger partial charge in [-0.25, -0.2) is 0 Å². The second-order valence-corrected chi connectivity index (χ2v) is 5.27. The lowest BCUT2D eigenvalue weighted by Crippen LogP contribution is -2.24. The normalized spacial score (nSPS) is 10.0. The van der Waals surface area contributed by atoms with Crippen LogP contribution < -0.4 is 15.4 Å². The van der Waals surface area contributed by atoms with Crippen molar-refractivity contribution in [1.29, 1.82) is 5.26 Å². The van der Waals surface area contributed by atoms with Gasteiger partial charge >= 0.3 is 0 Å². The number of methoxy groups -OCH3 is 1. The Bertz CT molecular complexity index is 723. The van der Waals surface area contributed by atoms with E-state index in [2.05, 4.69) is 16.7 Å². The molecule has 5 heteroatoms. The second-order valence-electron chi connectivity index (χ2n) is 5.27. The molecule has 0 heterocycles. The van der Waals surface area contributed by atoms with E-state index in [1.165, 1.54) is 0 Å². The third kappa shape index (κ3) is 5.11. The molecule has 124 valence electrons. The summed E-state index contributed by atoms with van der Waals surface area (Å²) >= 11 is 0. The number of nitrogens with zero attached hydrogens (tertiary/aromatic N) is 1. The summed E-state index contributed by atoms with van der Waals surface area (Å²) in [7, 11) is 1.66. The lowest BCUT2D eigenvalue weighted by molar-refractivity contribution is -0.116. The van der Waals surface area contributed by atoms with Crippen molar-refractivity contribution in [2.24, 2.45) is 0 Å². The van der Waals surface area contributed by atoms with Gasteiger partial charge in [-0.3, -0.25) is 4.79 Å². The van der Waals surface area contributed by atoms with E-state index in [-0.39, 0.29) is 5.91 Å². The number of nitriles is 1. The lowest BCUT2D eigenvalue weighted by atomic mass is 10.1. The van der Waals surface area contributed by atoms with Crippen LogP contribution >= 0.6 is 0 Å². The van der Waals surface area contributed by atoms with Crippen molar-refractivity contribution in [3.05, 3.63) is 59.7 Å². The summed E-state index contributed by atoms with van der Waals surface area (Å²) in [5, 5.41) is 15.0. The van der Waals surface area contributed by atoms with E-state index in [1.54, 1.807) is 31.4 Å². The number of benzene rings is 2. The van der Waals surface area contributed by atoms with Crippen LogP contribution in [0.3, 0.4) is 0 Å². The lowest BCUT2D eigenvalue weighted by Gasteiger charge is -2.09. The predicted octanol–water partition coefficient (Wildman–Crippen LogP) is 2.73. The summed E-state index contributed by atoms with van der Waals surface area (Å²) < 4.78 is 5.31. The smallest absolute Gasteiger partial charge is 0.225 e. The molecule has 0 aromatic heterocycles. The van der Waals surface area contributed by atoms with Crippen LogP contribution in [-0.2, 0) is 11.2 Å². The Morgan fingerprint density at radius 1 is 1.12 bits per heavy atom. The van der Waals surface area contributed by atoms with Crippen LogP contribution in [0.1, 0.15) is 17.5 Å². The van der Waals surface area contributed by atoms with Gasteiger partial charge in [0.15, 0.2) is 0 Å². The molecule has 2 aromatic rings. The summed E-state index contributed by atoms with van der Waals surface area (Å²) in [6.45, 7) is 1.35. The summed E-state index contributed by atoms with van der Waals surface area (Å²) in [6, 6.07) is 16.9. The summed E-state index contributed by atoms with van der Waals surface area (Å²) in [5.41, 5.74) is 2.16. The zero-order valence-electron chi connectivity index (χ0n) is 13.7. The molecule has 0 fully saturated rings. The second kappa shape index (κ2) is 9.33. The molecule has 0 saturated carbocycles. The standard InChI is InChI=1S/C19H21N3O2/c1-24-18-9-5-3-6-15(18)10-12-21-13-11-19(23)22-17-8-4-2-7-16(17)14-20/h2-9,21H,10-13H2,1H3,(H,22,23). The number of carbonyl (C=O) groups excluding carboxylic acids is 1. The molecule has 0 saturated heterocycles. The molecule has 0 aliphatic rings. The van der Waals surface area contributed by atoms with Gasteiger partial charge in [-0.05, 0) is 36.7 Å². The molecule has 2 N–H and O–H groups in total. The average molecular weight is 323 g/mol. The van der Waals surface area contributed by atoms with Crippen LogP contribution in [0.15, 0.2) is 48.5 Å². The van der Waals surface area contributed by atoms with Crippen molar-refractivity contribution in [3.8, 4) is 11.8 Å². The number of hydrogen-bond donors (Lipinski definition) is 2. The van der Waals surface area contributed by atoms with Crippen molar-refractivity contribution < 1.29 is 9.53 Å². The van der Waals surface area contributed by atoms with Gasteiger partial charge in [0.25, 0.3) is 0 Å². The maximum absolute atomic E-state index is 11.9. The third-order valence-corrected chi connectivity index (χ3v) is 3.61. The third-order valence-electron chi connectivity index (χ3n) is 3.61. The highest BCUT2D eigenvalue weighted by atomic mass is 16.5. The van der Waals surface area contributed by atoms with Crippen molar-refractivity contribution in [2.75, 3.05) is 25.5 Å². The maximum Gasteiger partial charge on any atom is 0.225 e. The molecule has 2 rings (SSSR count). The van der Waals surface area contributed by atoms with E-state index in [0.717, 1.165) is 24.3 Å². The first-order valence-corrected chi connectivity index (χ1v) is 7.86. The van der Waals surface area contributed by atoms with Crippen molar-refractivity contribution in [3.63, 3.8) is 0 Å². The molecule has 1 amide bonds. The summed E-state index contributed by atoms with van der Waals surface area (Å²) in [4.78, 5) is 11.9. The van der Waals surface area contributed by atoms with Crippen molar-refractivity contribution in [2.45, 2.75) is 12.8 Å². The average Bonchev–Trinajstić information content (AvgIpc) is 2.62. The number of rotatable bonds is 8. The first kappa shape index (κ1) is 17.5. The van der Waals surface area contributed by atoms with Gasteiger partial charge in [0, 0.05) is 13.0 Å². The molecule has 0 spiro atoms. The zero-order chi connectivity index (χ0) is 17.2. The Morgan fingerprint density at radius 2 is 1.88 bits per heavy atom. The molecule has 2 aromatic carbocycles. The highest BCUT2D eigenvalue weighted by molar-refractivity contribution is 5.92. The zero-order valence-corrected chi connectivity index (χ0v) is 13.7.